The number of aryl methyl sites for hydroxylation is 3. The minimum absolute atomic E-state index is 0.0842. The van der Waals surface area contributed by atoms with Crippen molar-refractivity contribution in [2.45, 2.75) is 71.0 Å². The second kappa shape index (κ2) is 14.1. The van der Waals surface area contributed by atoms with E-state index in [2.05, 4.69) is 5.32 Å². The highest BCUT2D eigenvalue weighted by molar-refractivity contribution is 7.92. The molecule has 8 heteroatoms. The van der Waals surface area contributed by atoms with Gasteiger partial charge in [0.2, 0.25) is 11.8 Å². The summed E-state index contributed by atoms with van der Waals surface area (Å²) in [6.07, 6.45) is 0.260. The van der Waals surface area contributed by atoms with Crippen LogP contribution >= 0.6 is 0 Å². The van der Waals surface area contributed by atoms with E-state index in [9.17, 15) is 18.0 Å². The molecule has 4 aromatic carbocycles. The van der Waals surface area contributed by atoms with Crippen LogP contribution < -0.4 is 9.62 Å². The number of carbonyl (C=O) groups is 2. The quantitative estimate of drug-likeness (QED) is 0.210. The van der Waals surface area contributed by atoms with Crippen LogP contribution in [-0.4, -0.2) is 43.3 Å². The Morgan fingerprint density at radius 1 is 0.733 bits per heavy atom. The average Bonchev–Trinajstić information content (AvgIpc) is 2.97. The van der Waals surface area contributed by atoms with Crippen LogP contribution in [0.3, 0.4) is 0 Å². The highest BCUT2D eigenvalue weighted by Crippen LogP contribution is 2.27. The van der Waals surface area contributed by atoms with Crippen molar-refractivity contribution in [2.75, 3.05) is 10.8 Å². The van der Waals surface area contributed by atoms with Gasteiger partial charge in [-0.05, 0) is 88.1 Å². The van der Waals surface area contributed by atoms with Gasteiger partial charge in [0, 0.05) is 18.5 Å². The molecule has 0 aliphatic heterocycles. The molecule has 4 aromatic rings. The van der Waals surface area contributed by atoms with Crippen molar-refractivity contribution in [1.82, 2.24) is 10.2 Å². The Labute approximate surface area is 268 Å². The highest BCUT2D eigenvalue weighted by atomic mass is 32.2. The maximum Gasteiger partial charge on any atom is 0.264 e. The van der Waals surface area contributed by atoms with Crippen molar-refractivity contribution in [3.05, 3.63) is 131 Å². The average molecular weight is 626 g/mol. The molecular weight excluding hydrogens is 582 g/mol. The van der Waals surface area contributed by atoms with Gasteiger partial charge in [-0.25, -0.2) is 8.42 Å². The molecule has 1 N–H and O–H groups in total. The van der Waals surface area contributed by atoms with Crippen LogP contribution in [0, 0.1) is 20.8 Å². The summed E-state index contributed by atoms with van der Waals surface area (Å²) in [7, 11) is -4.15. The van der Waals surface area contributed by atoms with E-state index in [4.69, 9.17) is 0 Å². The zero-order valence-electron chi connectivity index (χ0n) is 26.9. The molecule has 0 spiro atoms. The number of rotatable bonds is 11. The number of hydrogen-bond donors (Lipinski definition) is 1. The number of amides is 2. The Balaban J connectivity index is 1.83. The summed E-state index contributed by atoms with van der Waals surface area (Å²) in [6, 6.07) is 30.2. The third-order valence-electron chi connectivity index (χ3n) is 7.35. The summed E-state index contributed by atoms with van der Waals surface area (Å²) >= 11 is 0. The van der Waals surface area contributed by atoms with Crippen molar-refractivity contribution >= 4 is 27.5 Å². The number of nitrogens with zero attached hydrogens (tertiary/aromatic N) is 2. The zero-order chi connectivity index (χ0) is 32.8. The highest BCUT2D eigenvalue weighted by Gasteiger charge is 2.35. The Morgan fingerprint density at radius 2 is 1.27 bits per heavy atom. The fourth-order valence-corrected chi connectivity index (χ4v) is 6.65. The number of carbonyl (C=O) groups excluding carboxylic acids is 2. The molecule has 0 aromatic heterocycles. The van der Waals surface area contributed by atoms with Gasteiger partial charge in [0.25, 0.3) is 10.0 Å². The van der Waals surface area contributed by atoms with Crippen LogP contribution in [0.25, 0.3) is 0 Å². The van der Waals surface area contributed by atoms with Gasteiger partial charge < -0.3 is 10.2 Å². The summed E-state index contributed by atoms with van der Waals surface area (Å²) in [5.74, 6) is -0.798. The molecule has 0 aliphatic carbocycles. The van der Waals surface area contributed by atoms with E-state index in [1.165, 1.54) is 9.21 Å². The Bertz CT molecular complexity index is 1700. The number of sulfonamides is 1. The second-order valence-corrected chi connectivity index (χ2v) is 14.5. The summed E-state index contributed by atoms with van der Waals surface area (Å²) in [5.41, 5.74) is 4.21. The lowest BCUT2D eigenvalue weighted by molar-refractivity contribution is -0.140. The van der Waals surface area contributed by atoms with E-state index in [1.54, 1.807) is 36.4 Å². The number of hydrogen-bond acceptors (Lipinski definition) is 4. The predicted molar refractivity (Wildman–Crippen MR) is 180 cm³/mol. The topological polar surface area (TPSA) is 86.8 Å². The standard InChI is InChI=1S/C37H43N3O4S/c1-27-17-19-33(20-18-27)45(43,44)40(32-22-28(2)21-29(3)23-32)26-35(41)39(25-31-15-11-8-12-16-31)34(36(42)38-37(4,5)6)24-30-13-9-7-10-14-30/h7-23,34H,24-26H2,1-6H3,(H,38,42)/t34-/m0/s1. The Kier molecular flexibility index (Phi) is 10.5. The largest absolute Gasteiger partial charge is 0.350 e. The maximum atomic E-state index is 14.6. The normalized spacial score (nSPS) is 12.3. The lowest BCUT2D eigenvalue weighted by atomic mass is 10.0. The fourth-order valence-electron chi connectivity index (χ4n) is 5.25. The first-order valence-electron chi connectivity index (χ1n) is 15.1. The van der Waals surface area contributed by atoms with Gasteiger partial charge in [0.05, 0.1) is 10.6 Å². The van der Waals surface area contributed by atoms with E-state index >= 15 is 0 Å². The smallest absolute Gasteiger partial charge is 0.264 e. The predicted octanol–water partition coefficient (Wildman–Crippen LogP) is 6.36. The summed E-state index contributed by atoms with van der Waals surface area (Å²) in [4.78, 5) is 30.1. The van der Waals surface area contributed by atoms with Gasteiger partial charge in [-0.2, -0.15) is 0 Å². The first-order chi connectivity index (χ1) is 21.2. The molecule has 0 saturated carbocycles. The van der Waals surface area contributed by atoms with Crippen LogP contribution in [0.4, 0.5) is 5.69 Å². The Morgan fingerprint density at radius 3 is 1.80 bits per heavy atom. The SMILES string of the molecule is Cc1ccc(S(=O)(=O)N(CC(=O)N(Cc2ccccc2)[C@@H](Cc2ccccc2)C(=O)NC(C)(C)C)c2cc(C)cc(C)c2)cc1. The molecule has 0 heterocycles. The summed E-state index contributed by atoms with van der Waals surface area (Å²) in [6.45, 7) is 11.0. The van der Waals surface area contributed by atoms with E-state index in [-0.39, 0.29) is 23.8 Å². The van der Waals surface area contributed by atoms with Crippen molar-refractivity contribution in [1.29, 1.82) is 0 Å². The fraction of sp³-hybridized carbons (Fsp3) is 0.297. The van der Waals surface area contributed by atoms with Gasteiger partial charge in [-0.1, -0.05) is 84.4 Å². The molecule has 0 unspecified atom stereocenters. The summed E-state index contributed by atoms with van der Waals surface area (Å²) in [5, 5.41) is 3.06. The molecule has 0 fully saturated rings. The molecule has 0 aliphatic rings. The molecule has 0 bridgehead atoms. The van der Waals surface area contributed by atoms with Crippen molar-refractivity contribution in [3.8, 4) is 0 Å². The molecular formula is C37H43N3O4S. The van der Waals surface area contributed by atoms with Crippen molar-refractivity contribution in [2.24, 2.45) is 0 Å². The van der Waals surface area contributed by atoms with Crippen LogP contribution in [0.2, 0.25) is 0 Å². The van der Waals surface area contributed by atoms with E-state index in [1.807, 2.05) is 108 Å². The third kappa shape index (κ3) is 9.05. The van der Waals surface area contributed by atoms with Gasteiger partial charge >= 0.3 is 0 Å². The maximum absolute atomic E-state index is 14.6. The molecule has 0 saturated heterocycles. The minimum Gasteiger partial charge on any atom is -0.350 e. The van der Waals surface area contributed by atoms with Gasteiger partial charge in [-0.3, -0.25) is 13.9 Å². The summed E-state index contributed by atoms with van der Waals surface area (Å²) < 4.78 is 29.6. The lowest BCUT2D eigenvalue weighted by Crippen LogP contribution is -2.56. The van der Waals surface area contributed by atoms with E-state index in [0.717, 1.165) is 27.8 Å². The number of benzene rings is 4. The monoisotopic (exact) mass is 625 g/mol. The van der Waals surface area contributed by atoms with E-state index < -0.39 is 34.1 Å². The third-order valence-corrected chi connectivity index (χ3v) is 9.14. The van der Waals surface area contributed by atoms with Crippen LogP contribution in [0.15, 0.2) is 108 Å². The minimum atomic E-state index is -4.15. The Hall–Kier alpha value is -4.43. The lowest BCUT2D eigenvalue weighted by Gasteiger charge is -2.35. The molecule has 1 atom stereocenters. The second-order valence-electron chi connectivity index (χ2n) is 12.6. The molecule has 236 valence electrons. The van der Waals surface area contributed by atoms with Gasteiger partial charge in [0.1, 0.15) is 12.6 Å². The van der Waals surface area contributed by atoms with Crippen molar-refractivity contribution in [3.63, 3.8) is 0 Å². The van der Waals surface area contributed by atoms with E-state index in [0.29, 0.717) is 5.69 Å². The molecule has 4 rings (SSSR count). The van der Waals surface area contributed by atoms with Crippen LogP contribution in [0.1, 0.15) is 48.6 Å². The van der Waals surface area contributed by atoms with Crippen LogP contribution in [0.5, 0.6) is 0 Å². The van der Waals surface area contributed by atoms with Crippen LogP contribution in [-0.2, 0) is 32.6 Å². The first-order valence-corrected chi connectivity index (χ1v) is 16.5. The van der Waals surface area contributed by atoms with Gasteiger partial charge in [-0.15, -0.1) is 0 Å². The first kappa shape index (κ1) is 33.5. The zero-order valence-corrected chi connectivity index (χ0v) is 27.8. The van der Waals surface area contributed by atoms with Crippen molar-refractivity contribution < 1.29 is 18.0 Å². The molecule has 45 heavy (non-hydrogen) atoms. The van der Waals surface area contributed by atoms with Gasteiger partial charge in [0.15, 0.2) is 0 Å². The number of nitrogens with one attached hydrogen (secondary N) is 1. The molecule has 7 nitrogen and oxygen atoms in total. The molecule has 2 amide bonds. The number of anilines is 1. The molecule has 0 radical (unpaired) electrons.